The van der Waals surface area contributed by atoms with E-state index < -0.39 is 39.8 Å². The van der Waals surface area contributed by atoms with Crippen LogP contribution in [0.1, 0.15) is 23.1 Å². The number of nitriles is 1. The van der Waals surface area contributed by atoms with Gasteiger partial charge in [-0.1, -0.05) is 42.5 Å². The Morgan fingerprint density at radius 1 is 1.15 bits per heavy atom. The topological polar surface area (TPSA) is 111 Å². The number of halogens is 3. The molecule has 2 aromatic carbocycles. The summed E-state index contributed by atoms with van der Waals surface area (Å²) in [5.41, 5.74) is 1.24. The number of nitrogens with zero attached hydrogens (tertiary/aromatic N) is 3. The van der Waals surface area contributed by atoms with Crippen molar-refractivity contribution in [3.8, 4) is 6.07 Å². The monoisotopic (exact) mass is 584 g/mol. The molecule has 41 heavy (non-hydrogen) atoms. The summed E-state index contributed by atoms with van der Waals surface area (Å²) in [5, 5.41) is 12.1. The third kappa shape index (κ3) is 5.70. The molecule has 0 spiro atoms. The van der Waals surface area contributed by atoms with E-state index >= 15 is 0 Å². The summed E-state index contributed by atoms with van der Waals surface area (Å²) in [6.07, 6.45) is 1.40. The highest BCUT2D eigenvalue weighted by atomic mass is 32.2. The van der Waals surface area contributed by atoms with Crippen LogP contribution in [0, 0.1) is 23.2 Å². The first-order chi connectivity index (χ1) is 19.5. The first kappa shape index (κ1) is 28.7. The Labute approximate surface area is 235 Å². The molecular formula is C29H27F3N4O4S. The number of para-hydroxylation sites is 1. The number of benzene rings is 2. The molecule has 0 saturated carbocycles. The number of carbonyl (C=O) groups excluding carboxylic acids is 2. The predicted octanol–water partition coefficient (Wildman–Crippen LogP) is 3.57. The average molecular weight is 585 g/mol. The average Bonchev–Trinajstić information content (AvgIpc) is 3.31. The summed E-state index contributed by atoms with van der Waals surface area (Å²) in [4.78, 5) is 27.8. The number of hydrogen-bond acceptors (Lipinski definition) is 6. The van der Waals surface area contributed by atoms with Gasteiger partial charge in [-0.05, 0) is 48.2 Å². The predicted molar refractivity (Wildman–Crippen MR) is 144 cm³/mol. The van der Waals surface area contributed by atoms with Gasteiger partial charge in [0, 0.05) is 25.3 Å². The molecule has 1 aliphatic carbocycles. The molecule has 0 radical (unpaired) electrons. The highest BCUT2D eigenvalue weighted by molar-refractivity contribution is 7.93. The van der Waals surface area contributed by atoms with Crippen LogP contribution in [0.5, 0.6) is 0 Å². The number of amides is 1. The molecule has 0 bridgehead atoms. The fourth-order valence-electron chi connectivity index (χ4n) is 5.35. The molecule has 8 nitrogen and oxygen atoms in total. The largest absolute Gasteiger partial charge is 0.416 e. The summed E-state index contributed by atoms with van der Waals surface area (Å²) in [6, 6.07) is 12.4. The number of allylic oxidation sites excluding steroid dienone is 2. The first-order valence-corrected chi connectivity index (χ1v) is 14.5. The molecule has 1 N–H and O–H groups in total. The normalized spacial score (nSPS) is 21.9. The molecular weight excluding hydrogens is 557 g/mol. The SMILES string of the molecule is N#CC1CN(S(=O)(=O)C2=CC(C(=O)N3c4ccccc4CC3C(C=O)NCc3ccc(C(F)(F)F)cc3)CC=C2)C1. The minimum Gasteiger partial charge on any atom is -0.306 e. The third-order valence-corrected chi connectivity index (χ3v) is 9.50. The van der Waals surface area contributed by atoms with E-state index in [2.05, 4.69) is 5.32 Å². The van der Waals surface area contributed by atoms with Crippen molar-refractivity contribution in [3.63, 3.8) is 0 Å². The van der Waals surface area contributed by atoms with Gasteiger partial charge in [0.15, 0.2) is 0 Å². The Balaban J connectivity index is 1.36. The van der Waals surface area contributed by atoms with Gasteiger partial charge in [0.1, 0.15) is 6.29 Å². The second-order valence-electron chi connectivity index (χ2n) is 10.3. The summed E-state index contributed by atoms with van der Waals surface area (Å²) in [6.45, 7) is 0.316. The molecule has 3 aliphatic rings. The van der Waals surface area contributed by atoms with Gasteiger partial charge in [0.05, 0.1) is 40.5 Å². The maximum absolute atomic E-state index is 14.0. The number of anilines is 1. The molecule has 1 amide bonds. The first-order valence-electron chi connectivity index (χ1n) is 13.1. The van der Waals surface area contributed by atoms with Crippen LogP contribution in [0.25, 0.3) is 0 Å². The Hall–Kier alpha value is -3.79. The van der Waals surface area contributed by atoms with Crippen LogP contribution < -0.4 is 10.2 Å². The summed E-state index contributed by atoms with van der Waals surface area (Å²) >= 11 is 0. The van der Waals surface area contributed by atoms with Gasteiger partial charge in [0.25, 0.3) is 0 Å². The zero-order valence-corrected chi connectivity index (χ0v) is 22.6. The highest BCUT2D eigenvalue weighted by Gasteiger charge is 2.42. The molecule has 1 fully saturated rings. The molecule has 2 aliphatic heterocycles. The van der Waals surface area contributed by atoms with Crippen molar-refractivity contribution < 1.29 is 31.2 Å². The molecule has 0 aromatic heterocycles. The molecule has 3 atom stereocenters. The molecule has 2 heterocycles. The number of alkyl halides is 3. The number of hydrogen-bond donors (Lipinski definition) is 1. The van der Waals surface area contributed by atoms with E-state index in [-0.39, 0.29) is 42.8 Å². The van der Waals surface area contributed by atoms with Gasteiger partial charge in [-0.15, -0.1) is 0 Å². The fraction of sp³-hybridized carbons (Fsp3) is 0.345. The van der Waals surface area contributed by atoms with Gasteiger partial charge < -0.3 is 15.0 Å². The van der Waals surface area contributed by atoms with Crippen molar-refractivity contribution in [2.24, 2.45) is 11.8 Å². The van der Waals surface area contributed by atoms with Crippen molar-refractivity contribution in [3.05, 3.63) is 88.4 Å². The number of sulfonamides is 1. The van der Waals surface area contributed by atoms with E-state index in [0.29, 0.717) is 24.0 Å². The lowest BCUT2D eigenvalue weighted by Crippen LogP contribution is -2.53. The van der Waals surface area contributed by atoms with Crippen LogP contribution in [0.4, 0.5) is 18.9 Å². The van der Waals surface area contributed by atoms with E-state index in [4.69, 9.17) is 5.26 Å². The summed E-state index contributed by atoms with van der Waals surface area (Å²) < 4.78 is 66.1. The van der Waals surface area contributed by atoms with Gasteiger partial charge in [-0.25, -0.2) is 8.42 Å². The van der Waals surface area contributed by atoms with E-state index in [1.54, 1.807) is 18.2 Å². The molecule has 214 valence electrons. The van der Waals surface area contributed by atoms with Gasteiger partial charge in [0.2, 0.25) is 15.9 Å². The third-order valence-electron chi connectivity index (χ3n) is 7.66. The maximum atomic E-state index is 14.0. The van der Waals surface area contributed by atoms with Crippen molar-refractivity contribution in [2.75, 3.05) is 18.0 Å². The molecule has 3 unspecified atom stereocenters. The summed E-state index contributed by atoms with van der Waals surface area (Å²) in [5.74, 6) is -1.51. The van der Waals surface area contributed by atoms with Crippen LogP contribution in [0.3, 0.4) is 0 Å². The van der Waals surface area contributed by atoms with Gasteiger partial charge in [-0.2, -0.15) is 22.7 Å². The molecule has 2 aromatic rings. The van der Waals surface area contributed by atoms with Crippen molar-refractivity contribution in [1.82, 2.24) is 9.62 Å². The maximum Gasteiger partial charge on any atom is 0.416 e. The van der Waals surface area contributed by atoms with Crippen LogP contribution >= 0.6 is 0 Å². The van der Waals surface area contributed by atoms with Crippen LogP contribution in [0.2, 0.25) is 0 Å². The smallest absolute Gasteiger partial charge is 0.306 e. The Kier molecular flexibility index (Phi) is 7.87. The minimum absolute atomic E-state index is 0.00473. The number of carbonyl (C=O) groups is 2. The lowest BCUT2D eigenvalue weighted by molar-refractivity contribution is -0.137. The van der Waals surface area contributed by atoms with E-state index in [1.807, 2.05) is 18.2 Å². The van der Waals surface area contributed by atoms with Crippen LogP contribution in [-0.2, 0) is 38.8 Å². The minimum atomic E-state index is -4.45. The number of nitrogens with one attached hydrogen (secondary N) is 1. The lowest BCUT2D eigenvalue weighted by Gasteiger charge is -2.35. The van der Waals surface area contributed by atoms with E-state index in [1.165, 1.54) is 33.5 Å². The number of rotatable bonds is 8. The Bertz CT molecular complexity index is 1540. The van der Waals surface area contributed by atoms with Crippen molar-refractivity contribution in [2.45, 2.75) is 37.6 Å². The van der Waals surface area contributed by atoms with Gasteiger partial charge in [-0.3, -0.25) is 4.79 Å². The lowest BCUT2D eigenvalue weighted by atomic mass is 9.97. The van der Waals surface area contributed by atoms with Crippen molar-refractivity contribution >= 4 is 27.9 Å². The molecule has 1 saturated heterocycles. The summed E-state index contributed by atoms with van der Waals surface area (Å²) in [7, 11) is -3.86. The number of aldehydes is 1. The zero-order chi connectivity index (χ0) is 29.4. The molecule has 5 rings (SSSR count). The molecule has 12 heteroatoms. The quantitative estimate of drug-likeness (QED) is 0.475. The Morgan fingerprint density at radius 3 is 2.51 bits per heavy atom. The standard InChI is InChI=1S/C29H27F3N4O4S/c30-29(31,32)23-10-8-19(9-11-23)15-34-25(18-37)27-13-21-4-1-2-7-26(21)36(27)28(38)22-5-3-6-24(12-22)41(39,40)35-16-20(14-33)17-35/h1-4,6-12,18,20,22,25,27,34H,5,13,15-17H2. The zero-order valence-electron chi connectivity index (χ0n) is 21.8. The van der Waals surface area contributed by atoms with Crippen molar-refractivity contribution in [1.29, 1.82) is 5.26 Å². The van der Waals surface area contributed by atoms with Crippen LogP contribution in [-0.4, -0.2) is 50.1 Å². The second kappa shape index (κ2) is 11.2. The van der Waals surface area contributed by atoms with Gasteiger partial charge >= 0.3 is 6.18 Å². The van der Waals surface area contributed by atoms with Crippen LogP contribution in [0.15, 0.2) is 71.7 Å². The highest BCUT2D eigenvalue weighted by Crippen LogP contribution is 2.37. The fourth-order valence-corrected chi connectivity index (χ4v) is 7.00. The number of fused-ring (bicyclic) bond motifs is 1. The van der Waals surface area contributed by atoms with E-state index in [0.717, 1.165) is 17.7 Å². The van der Waals surface area contributed by atoms with E-state index in [9.17, 15) is 31.2 Å². The second-order valence-corrected chi connectivity index (χ2v) is 12.2. The Morgan fingerprint density at radius 2 is 1.85 bits per heavy atom.